The number of carbonyl (C=O) groups is 1. The monoisotopic (exact) mass is 331 g/mol. The van der Waals surface area contributed by atoms with Gasteiger partial charge in [-0.1, -0.05) is 11.5 Å². The molecule has 7 heteroatoms. The van der Waals surface area contributed by atoms with Crippen LogP contribution < -0.4 is 10.8 Å². The number of hydrogen-bond acceptors (Lipinski definition) is 3. The summed E-state index contributed by atoms with van der Waals surface area (Å²) in [5.41, 5.74) is 1.17. The molecule has 1 saturated heterocycles. The van der Waals surface area contributed by atoms with E-state index in [0.29, 0.717) is 31.6 Å². The number of allylic oxidation sites excluding steroid dienone is 2. The average Bonchev–Trinajstić information content (AvgIpc) is 2.54. The standard InChI is InChI=1S/C17H20BF2N3O/c1-11-2-3-15(21-10-11)22-4-6-23(7-5-22)17(24)16-13(19)8-12(18)9-14(16)20/h2-3,8-10,15,21H,4-7,18H2,1H3. The van der Waals surface area contributed by atoms with E-state index in [9.17, 15) is 13.6 Å². The van der Waals surface area contributed by atoms with Gasteiger partial charge in [-0.05, 0) is 30.7 Å². The maximum absolute atomic E-state index is 14.0. The smallest absolute Gasteiger partial charge is 0.259 e. The SMILES string of the molecule is Bc1cc(F)c(C(=O)N2CCN(C3C=CC(C)=CN3)CC2)c(F)c1. The van der Waals surface area contributed by atoms with Crippen LogP contribution in [0.2, 0.25) is 0 Å². The number of nitrogens with one attached hydrogen (secondary N) is 1. The van der Waals surface area contributed by atoms with Gasteiger partial charge in [-0.2, -0.15) is 0 Å². The van der Waals surface area contributed by atoms with Crippen molar-refractivity contribution in [3.63, 3.8) is 0 Å². The molecule has 0 spiro atoms. The summed E-state index contributed by atoms with van der Waals surface area (Å²) >= 11 is 0. The molecular formula is C17H20BF2N3O. The third kappa shape index (κ3) is 3.36. The lowest BCUT2D eigenvalue weighted by Gasteiger charge is -2.39. The van der Waals surface area contributed by atoms with Crippen LogP contribution in [0.25, 0.3) is 0 Å². The number of rotatable bonds is 2. The Hall–Kier alpha value is -2.15. The molecule has 2 aliphatic rings. The first-order valence-electron chi connectivity index (χ1n) is 8.05. The zero-order chi connectivity index (χ0) is 17.3. The van der Waals surface area contributed by atoms with Gasteiger partial charge in [-0.3, -0.25) is 9.69 Å². The third-order valence-electron chi connectivity index (χ3n) is 4.42. The Kier molecular flexibility index (Phi) is 4.71. The Morgan fingerprint density at radius 2 is 1.83 bits per heavy atom. The second kappa shape index (κ2) is 6.77. The van der Waals surface area contributed by atoms with Crippen molar-refractivity contribution < 1.29 is 13.6 Å². The Balaban J connectivity index is 1.65. The third-order valence-corrected chi connectivity index (χ3v) is 4.42. The van der Waals surface area contributed by atoms with Crippen molar-refractivity contribution in [2.45, 2.75) is 13.1 Å². The van der Waals surface area contributed by atoms with Crippen LogP contribution >= 0.6 is 0 Å². The Bertz CT molecular complexity index is 689. The van der Waals surface area contributed by atoms with Gasteiger partial charge in [0.05, 0.1) is 6.17 Å². The van der Waals surface area contributed by atoms with Crippen LogP contribution in [0.15, 0.2) is 36.1 Å². The summed E-state index contributed by atoms with van der Waals surface area (Å²) in [7, 11) is 1.60. The highest BCUT2D eigenvalue weighted by molar-refractivity contribution is 6.32. The van der Waals surface area contributed by atoms with Crippen molar-refractivity contribution in [2.75, 3.05) is 26.2 Å². The maximum atomic E-state index is 14.0. The van der Waals surface area contributed by atoms with Gasteiger partial charge < -0.3 is 10.2 Å². The predicted octanol–water partition coefficient (Wildman–Crippen LogP) is 0.370. The molecule has 1 fully saturated rings. The lowest BCUT2D eigenvalue weighted by atomic mass is 9.94. The number of hydrogen-bond donors (Lipinski definition) is 1. The fourth-order valence-electron chi connectivity index (χ4n) is 3.06. The van der Waals surface area contributed by atoms with E-state index in [1.165, 1.54) is 17.0 Å². The van der Waals surface area contributed by atoms with Crippen LogP contribution in [-0.2, 0) is 0 Å². The molecule has 1 aromatic rings. The molecule has 0 bridgehead atoms. The first-order chi connectivity index (χ1) is 11.5. The molecule has 1 unspecified atom stereocenters. The number of piperazine rings is 1. The topological polar surface area (TPSA) is 35.6 Å². The molecule has 0 aromatic heterocycles. The molecule has 126 valence electrons. The first kappa shape index (κ1) is 16.7. The Labute approximate surface area is 141 Å². The normalized spacial score (nSPS) is 21.4. The lowest BCUT2D eigenvalue weighted by Crippen LogP contribution is -2.55. The first-order valence-corrected chi connectivity index (χ1v) is 8.05. The minimum atomic E-state index is -0.794. The highest BCUT2D eigenvalue weighted by Crippen LogP contribution is 2.16. The van der Waals surface area contributed by atoms with Gasteiger partial charge in [0.2, 0.25) is 0 Å². The van der Waals surface area contributed by atoms with Gasteiger partial charge in [0, 0.05) is 32.4 Å². The molecule has 0 radical (unpaired) electrons. The second-order valence-corrected chi connectivity index (χ2v) is 6.29. The Morgan fingerprint density at radius 3 is 2.38 bits per heavy atom. The van der Waals surface area contributed by atoms with Crippen molar-refractivity contribution in [2.24, 2.45) is 0 Å². The largest absolute Gasteiger partial charge is 0.372 e. The van der Waals surface area contributed by atoms with Gasteiger partial charge in [0.25, 0.3) is 5.91 Å². The summed E-state index contributed by atoms with van der Waals surface area (Å²) in [5.74, 6) is -2.16. The molecule has 3 rings (SSSR count). The average molecular weight is 331 g/mol. The zero-order valence-electron chi connectivity index (χ0n) is 13.9. The Morgan fingerprint density at radius 1 is 1.21 bits per heavy atom. The predicted molar refractivity (Wildman–Crippen MR) is 91.8 cm³/mol. The molecule has 1 N–H and O–H groups in total. The van der Waals surface area contributed by atoms with Crippen LogP contribution in [0.3, 0.4) is 0 Å². The summed E-state index contributed by atoms with van der Waals surface area (Å²) in [5, 5.41) is 3.29. The number of benzene rings is 1. The van der Waals surface area contributed by atoms with Gasteiger partial charge in [-0.15, -0.1) is 0 Å². The van der Waals surface area contributed by atoms with E-state index in [1.807, 2.05) is 13.1 Å². The zero-order valence-corrected chi connectivity index (χ0v) is 13.9. The molecule has 2 heterocycles. The number of carbonyl (C=O) groups excluding carboxylic acids is 1. The maximum Gasteiger partial charge on any atom is 0.259 e. The van der Waals surface area contributed by atoms with Gasteiger partial charge in [-0.25, -0.2) is 8.78 Å². The van der Waals surface area contributed by atoms with Crippen molar-refractivity contribution in [3.05, 3.63) is 53.3 Å². The summed E-state index contributed by atoms with van der Waals surface area (Å²) < 4.78 is 28.0. The van der Waals surface area contributed by atoms with Crippen molar-refractivity contribution in [1.82, 2.24) is 15.1 Å². The van der Waals surface area contributed by atoms with Crippen LogP contribution in [-0.4, -0.2) is 55.9 Å². The van der Waals surface area contributed by atoms with E-state index >= 15 is 0 Å². The van der Waals surface area contributed by atoms with E-state index in [1.54, 1.807) is 7.85 Å². The highest BCUT2D eigenvalue weighted by Gasteiger charge is 2.28. The van der Waals surface area contributed by atoms with E-state index in [-0.39, 0.29) is 6.17 Å². The van der Waals surface area contributed by atoms with E-state index in [0.717, 1.165) is 5.57 Å². The molecule has 24 heavy (non-hydrogen) atoms. The van der Waals surface area contributed by atoms with E-state index in [2.05, 4.69) is 22.4 Å². The van der Waals surface area contributed by atoms with Crippen LogP contribution in [0.5, 0.6) is 0 Å². The summed E-state index contributed by atoms with van der Waals surface area (Å²) in [4.78, 5) is 16.2. The molecular weight excluding hydrogens is 311 g/mol. The molecule has 0 saturated carbocycles. The fraction of sp³-hybridized carbons (Fsp3) is 0.353. The summed E-state index contributed by atoms with van der Waals surface area (Å²) in [6, 6.07) is 2.38. The molecule has 2 aliphatic heterocycles. The van der Waals surface area contributed by atoms with Crippen LogP contribution in [0.1, 0.15) is 17.3 Å². The molecule has 4 nitrogen and oxygen atoms in total. The molecule has 1 aromatic carbocycles. The minimum absolute atomic E-state index is 0.0961. The van der Waals surface area contributed by atoms with E-state index in [4.69, 9.17) is 0 Å². The summed E-state index contributed by atoms with van der Waals surface area (Å²) in [6.45, 7) is 4.20. The molecule has 1 atom stereocenters. The van der Waals surface area contributed by atoms with Crippen LogP contribution in [0, 0.1) is 11.6 Å². The van der Waals surface area contributed by atoms with Gasteiger partial charge >= 0.3 is 0 Å². The number of dihydropyridines is 1. The number of halogens is 2. The van der Waals surface area contributed by atoms with Gasteiger partial charge in [0.15, 0.2) is 0 Å². The number of amides is 1. The quantitative estimate of drug-likeness (QED) is 0.796. The fourth-order valence-corrected chi connectivity index (χ4v) is 3.06. The van der Waals surface area contributed by atoms with Gasteiger partial charge in [0.1, 0.15) is 25.0 Å². The lowest BCUT2D eigenvalue weighted by molar-refractivity contribution is 0.0579. The highest BCUT2D eigenvalue weighted by atomic mass is 19.1. The molecule has 1 amide bonds. The van der Waals surface area contributed by atoms with Crippen molar-refractivity contribution in [1.29, 1.82) is 0 Å². The summed E-state index contributed by atoms with van der Waals surface area (Å²) in [6.07, 6.45) is 6.18. The second-order valence-electron chi connectivity index (χ2n) is 6.29. The van der Waals surface area contributed by atoms with E-state index < -0.39 is 23.1 Å². The van der Waals surface area contributed by atoms with Crippen molar-refractivity contribution >= 4 is 19.2 Å². The minimum Gasteiger partial charge on any atom is -0.372 e. The number of nitrogens with zero attached hydrogens (tertiary/aromatic N) is 2. The molecule has 0 aliphatic carbocycles. The van der Waals surface area contributed by atoms with Crippen LogP contribution in [0.4, 0.5) is 8.78 Å². The van der Waals surface area contributed by atoms with Crippen molar-refractivity contribution in [3.8, 4) is 0 Å².